The van der Waals surface area contributed by atoms with Crippen LogP contribution in [-0.4, -0.2) is 41.1 Å². The summed E-state index contributed by atoms with van der Waals surface area (Å²) in [7, 11) is 0. The molecule has 8 heteroatoms. The van der Waals surface area contributed by atoms with E-state index in [9.17, 15) is 4.79 Å². The van der Waals surface area contributed by atoms with Crippen molar-refractivity contribution in [3.8, 4) is 0 Å². The largest absolute Gasteiger partial charge is 0.317 e. The van der Waals surface area contributed by atoms with Crippen LogP contribution in [0.4, 0.5) is 11.6 Å². The second-order valence-corrected chi connectivity index (χ2v) is 6.45. The van der Waals surface area contributed by atoms with Crippen molar-refractivity contribution in [3.63, 3.8) is 0 Å². The van der Waals surface area contributed by atoms with E-state index in [0.29, 0.717) is 12.4 Å². The topological polar surface area (TPSA) is 95.5 Å². The van der Waals surface area contributed by atoms with Crippen molar-refractivity contribution in [2.75, 3.05) is 11.4 Å². The van der Waals surface area contributed by atoms with Gasteiger partial charge in [0.1, 0.15) is 12.1 Å². The van der Waals surface area contributed by atoms with Gasteiger partial charge in [-0.1, -0.05) is 24.3 Å². The highest BCUT2D eigenvalue weighted by Crippen LogP contribution is 2.52. The number of para-hydroxylation sites is 1. The van der Waals surface area contributed by atoms with E-state index in [0.717, 1.165) is 33.4 Å². The first-order valence-corrected chi connectivity index (χ1v) is 9.09. The Morgan fingerprint density at radius 1 is 1.00 bits per heavy atom. The molecule has 5 rings (SSSR count). The summed E-state index contributed by atoms with van der Waals surface area (Å²) in [6.45, 7) is 0.714. The van der Waals surface area contributed by atoms with E-state index in [4.69, 9.17) is 4.99 Å². The number of aromatic nitrogens is 2. The van der Waals surface area contributed by atoms with Gasteiger partial charge in [0, 0.05) is 31.3 Å². The molecule has 1 amide bonds. The fourth-order valence-corrected chi connectivity index (χ4v) is 3.30. The Bertz CT molecular complexity index is 1280. The summed E-state index contributed by atoms with van der Waals surface area (Å²) in [6.07, 6.45) is 11.4. The highest BCUT2D eigenvalue weighted by atomic mass is 16.1. The minimum Gasteiger partial charge on any atom is -0.317 e. The summed E-state index contributed by atoms with van der Waals surface area (Å²) < 4.78 is 0. The quantitative estimate of drug-likeness (QED) is 0.688. The Morgan fingerprint density at radius 2 is 1.93 bits per heavy atom. The van der Waals surface area contributed by atoms with Gasteiger partial charge in [0.2, 0.25) is 5.91 Å². The smallest absolute Gasteiger partial charge is 0.249 e. The zero-order valence-electron chi connectivity index (χ0n) is 15.3. The molecule has 0 atom stereocenters. The molecule has 0 aliphatic carbocycles. The van der Waals surface area contributed by atoms with E-state index < -0.39 is 0 Å². The van der Waals surface area contributed by atoms with E-state index in [1.807, 2.05) is 30.3 Å². The van der Waals surface area contributed by atoms with Crippen LogP contribution in [-0.2, 0) is 4.79 Å². The van der Waals surface area contributed by atoms with Gasteiger partial charge in [0.05, 0.1) is 28.9 Å². The van der Waals surface area contributed by atoms with Gasteiger partial charge in [0.25, 0.3) is 0 Å². The number of amides is 1. The third-order valence-electron chi connectivity index (χ3n) is 4.67. The Morgan fingerprint density at radius 3 is 2.90 bits per heavy atom. The molecule has 3 aliphatic rings. The lowest BCUT2D eigenvalue weighted by molar-refractivity contribution is -0.116. The van der Waals surface area contributed by atoms with Gasteiger partial charge >= 0.3 is 0 Å². The number of anilines is 1. The van der Waals surface area contributed by atoms with Crippen LogP contribution in [0.1, 0.15) is 12.0 Å². The summed E-state index contributed by atoms with van der Waals surface area (Å²) in [6, 6.07) is 7.63. The first-order chi connectivity index (χ1) is 14.3. The molecule has 0 unspecified atom stereocenters. The fourth-order valence-electron chi connectivity index (χ4n) is 3.30. The van der Waals surface area contributed by atoms with Crippen LogP contribution in [0.5, 0.6) is 0 Å². The standard InChI is InChI=1S/C21H15N7O/c29-17-7-6-14-4-1-2-5-15(14)27-20-18-19-16(12-28(19)21(18)26-13-25-20)23-9-3-8-22-10-11-24-17/h1-6,8-11,13H,7,12H2/b8-3+,14-6+,22-10?,23-9?,24-11?,27-15?. The molecule has 8 nitrogen and oxygen atoms in total. The molecule has 0 saturated carbocycles. The third kappa shape index (κ3) is 3.10. The zero-order valence-corrected chi connectivity index (χ0v) is 15.3. The number of rotatable bonds is 0. The van der Waals surface area contributed by atoms with Crippen LogP contribution < -0.4 is 15.5 Å². The van der Waals surface area contributed by atoms with Crippen molar-refractivity contribution < 1.29 is 4.79 Å². The van der Waals surface area contributed by atoms with Gasteiger partial charge in [-0.25, -0.2) is 20.0 Å². The highest BCUT2D eigenvalue weighted by molar-refractivity contribution is 6.19. The third-order valence-corrected chi connectivity index (χ3v) is 4.67. The Kier molecular flexibility index (Phi) is 4.21. The SMILES string of the molecule is O=C1C/C=c2\ccccc2=Nc2ncnc3c2C2=C(CN23)N=C/C=C/N=CC=N1. The predicted octanol–water partition coefficient (Wildman–Crippen LogP) is 1.37. The van der Waals surface area contributed by atoms with Crippen LogP contribution in [0, 0.1) is 0 Å². The summed E-state index contributed by atoms with van der Waals surface area (Å²) >= 11 is 0. The number of hydrogen-bond acceptors (Lipinski definition) is 7. The maximum absolute atomic E-state index is 12.0. The number of nitrogens with zero attached hydrogens (tertiary/aromatic N) is 7. The first-order valence-electron chi connectivity index (χ1n) is 9.09. The van der Waals surface area contributed by atoms with Crippen LogP contribution in [0.3, 0.4) is 0 Å². The molecule has 0 N–H and O–H groups in total. The molecule has 0 radical (unpaired) electrons. The normalized spacial score (nSPS) is 19.5. The lowest BCUT2D eigenvalue weighted by Crippen LogP contribution is -2.43. The minimum absolute atomic E-state index is 0.171. The van der Waals surface area contributed by atoms with Gasteiger partial charge in [-0.3, -0.25) is 14.8 Å². The molecule has 29 heavy (non-hydrogen) atoms. The average Bonchev–Trinajstić information content (AvgIpc) is 2.71. The summed E-state index contributed by atoms with van der Waals surface area (Å²) in [4.78, 5) is 40.0. The Labute approximate surface area is 165 Å². The van der Waals surface area contributed by atoms with Gasteiger partial charge < -0.3 is 4.90 Å². The molecule has 140 valence electrons. The molecule has 3 aliphatic heterocycles. The summed E-state index contributed by atoms with van der Waals surface area (Å²) in [5.74, 6) is 1.21. The number of aliphatic imine (C=N–C) groups is 3. The van der Waals surface area contributed by atoms with Gasteiger partial charge in [-0.05, 0) is 17.4 Å². The van der Waals surface area contributed by atoms with Crippen molar-refractivity contribution in [2.24, 2.45) is 20.0 Å². The monoisotopic (exact) mass is 381 g/mol. The molecule has 4 heterocycles. The molecular weight excluding hydrogens is 366 g/mol. The lowest BCUT2D eigenvalue weighted by atomic mass is 9.94. The maximum atomic E-state index is 12.0. The Hall–Kier alpha value is -4.07. The van der Waals surface area contributed by atoms with Crippen molar-refractivity contribution in [1.82, 2.24) is 9.97 Å². The number of allylic oxidation sites excluding steroid dienone is 1. The first kappa shape index (κ1) is 17.1. The summed E-state index contributed by atoms with van der Waals surface area (Å²) in [5, 5.41) is 1.58. The minimum atomic E-state index is -0.260. The summed E-state index contributed by atoms with van der Waals surface area (Å²) in [5.41, 5.74) is 2.88. The van der Waals surface area contributed by atoms with Gasteiger partial charge in [-0.15, -0.1) is 0 Å². The van der Waals surface area contributed by atoms with E-state index in [-0.39, 0.29) is 12.3 Å². The lowest BCUT2D eigenvalue weighted by Gasteiger charge is -2.45. The van der Waals surface area contributed by atoms with E-state index in [1.54, 1.807) is 18.5 Å². The molecule has 1 aromatic carbocycles. The van der Waals surface area contributed by atoms with Crippen LogP contribution >= 0.6 is 0 Å². The van der Waals surface area contributed by atoms with E-state index in [1.165, 1.54) is 18.8 Å². The highest BCUT2D eigenvalue weighted by Gasteiger charge is 2.43. The molecule has 0 bridgehead atoms. The van der Waals surface area contributed by atoms with Gasteiger partial charge in [-0.2, -0.15) is 0 Å². The van der Waals surface area contributed by atoms with Crippen LogP contribution in [0.2, 0.25) is 0 Å². The average molecular weight is 381 g/mol. The zero-order chi connectivity index (χ0) is 19.6. The van der Waals surface area contributed by atoms with Crippen molar-refractivity contribution >= 4 is 48.0 Å². The van der Waals surface area contributed by atoms with E-state index in [2.05, 4.69) is 29.8 Å². The molecule has 0 fully saturated rings. The fraction of sp³-hybridized carbons (Fsp3) is 0.0952. The molecule has 0 spiro atoms. The maximum Gasteiger partial charge on any atom is 0.249 e. The predicted molar refractivity (Wildman–Crippen MR) is 112 cm³/mol. The number of carbonyl (C=O) groups excluding carboxylic acids is 1. The second kappa shape index (κ2) is 7.16. The molecule has 0 saturated heterocycles. The van der Waals surface area contributed by atoms with Crippen molar-refractivity contribution in [3.05, 3.63) is 64.7 Å². The number of benzene rings is 1. The van der Waals surface area contributed by atoms with Crippen LogP contribution in [0.15, 0.2) is 68.5 Å². The number of fused-ring (bicyclic) bond motifs is 2. The Balaban J connectivity index is 1.67. The van der Waals surface area contributed by atoms with Gasteiger partial charge in [0.15, 0.2) is 5.82 Å². The molecule has 2 aromatic rings. The van der Waals surface area contributed by atoms with E-state index >= 15 is 0 Å². The van der Waals surface area contributed by atoms with Crippen LogP contribution in [0.25, 0.3) is 11.8 Å². The molecule has 1 aromatic heterocycles. The number of carbonyl (C=O) groups is 1. The van der Waals surface area contributed by atoms with Crippen molar-refractivity contribution in [1.29, 1.82) is 0 Å². The van der Waals surface area contributed by atoms with Crippen molar-refractivity contribution in [2.45, 2.75) is 6.42 Å². The number of hydrogen-bond donors (Lipinski definition) is 0. The second-order valence-electron chi connectivity index (χ2n) is 6.45. The molecular formula is C21H15N7O.